The lowest BCUT2D eigenvalue weighted by Crippen LogP contribution is -2.37. The van der Waals surface area contributed by atoms with Gasteiger partial charge in [-0.3, -0.25) is 9.59 Å². The maximum absolute atomic E-state index is 13.0. The molecular weight excluding hydrogens is 356 g/mol. The van der Waals surface area contributed by atoms with E-state index in [1.54, 1.807) is 14.2 Å². The molecule has 0 spiro atoms. The molecule has 0 radical (unpaired) electrons. The summed E-state index contributed by atoms with van der Waals surface area (Å²) in [6.45, 7) is 9.65. The molecule has 2 rings (SSSR count). The molecule has 1 aromatic rings. The molecule has 1 heterocycles. The van der Waals surface area contributed by atoms with Crippen molar-refractivity contribution >= 4 is 11.8 Å². The summed E-state index contributed by atoms with van der Waals surface area (Å²) in [6, 6.07) is 5.65. The smallest absolute Gasteiger partial charge is 0.225 e. The third-order valence-corrected chi connectivity index (χ3v) is 5.32. The van der Waals surface area contributed by atoms with Crippen LogP contribution in [-0.4, -0.2) is 50.6 Å². The minimum absolute atomic E-state index is 0.00239. The lowest BCUT2D eigenvalue weighted by atomic mass is 9.87. The number of rotatable bonds is 8. The molecule has 6 heteroatoms. The van der Waals surface area contributed by atoms with Crippen LogP contribution in [0.2, 0.25) is 0 Å². The standard InChI is InChI=1S/C22H34N2O4/c1-14(2)9-10-23-21(25)19-13-24(22(26)15(3)4)12-18(19)17-8-7-16(27-5)11-20(17)28-6/h7-8,11,14-15,18-19H,9-10,12-13H2,1-6H3,(H,23,25)/t18-,19-/m1/s1. The third kappa shape index (κ3) is 5.18. The van der Waals surface area contributed by atoms with Gasteiger partial charge in [0.1, 0.15) is 11.5 Å². The predicted molar refractivity (Wildman–Crippen MR) is 110 cm³/mol. The number of benzene rings is 1. The summed E-state index contributed by atoms with van der Waals surface area (Å²) < 4.78 is 10.9. The molecule has 156 valence electrons. The zero-order chi connectivity index (χ0) is 20.8. The number of amides is 2. The molecular formula is C22H34N2O4. The number of nitrogens with one attached hydrogen (secondary N) is 1. The van der Waals surface area contributed by atoms with Crippen LogP contribution in [0.25, 0.3) is 0 Å². The van der Waals surface area contributed by atoms with Crippen molar-refractivity contribution in [2.24, 2.45) is 17.8 Å². The Morgan fingerprint density at radius 3 is 2.43 bits per heavy atom. The Labute approximate surface area is 168 Å². The summed E-state index contributed by atoms with van der Waals surface area (Å²) in [7, 11) is 3.22. The van der Waals surface area contributed by atoms with Gasteiger partial charge in [-0.25, -0.2) is 0 Å². The Morgan fingerprint density at radius 2 is 1.86 bits per heavy atom. The molecule has 28 heavy (non-hydrogen) atoms. The normalized spacial score (nSPS) is 19.2. The number of carbonyl (C=O) groups excluding carboxylic acids is 2. The van der Waals surface area contributed by atoms with E-state index in [2.05, 4.69) is 19.2 Å². The molecule has 2 atom stereocenters. The number of ether oxygens (including phenoxy) is 2. The van der Waals surface area contributed by atoms with E-state index in [1.165, 1.54) is 0 Å². The van der Waals surface area contributed by atoms with Gasteiger partial charge in [-0.1, -0.05) is 33.8 Å². The van der Waals surface area contributed by atoms with E-state index in [9.17, 15) is 9.59 Å². The topological polar surface area (TPSA) is 67.9 Å². The molecule has 1 fully saturated rings. The number of hydrogen-bond donors (Lipinski definition) is 1. The zero-order valence-electron chi connectivity index (χ0n) is 18.0. The van der Waals surface area contributed by atoms with E-state index in [-0.39, 0.29) is 29.6 Å². The minimum Gasteiger partial charge on any atom is -0.497 e. The van der Waals surface area contributed by atoms with Gasteiger partial charge in [0.2, 0.25) is 11.8 Å². The van der Waals surface area contributed by atoms with Crippen molar-refractivity contribution in [3.63, 3.8) is 0 Å². The van der Waals surface area contributed by atoms with Crippen LogP contribution in [0.15, 0.2) is 18.2 Å². The first kappa shape index (κ1) is 22.1. The first-order chi connectivity index (χ1) is 13.3. The first-order valence-electron chi connectivity index (χ1n) is 10.1. The SMILES string of the molecule is COc1ccc([C@H]2CN(C(=O)C(C)C)C[C@H]2C(=O)NCCC(C)C)c(OC)c1. The summed E-state index contributed by atoms with van der Waals surface area (Å²) in [6.07, 6.45) is 0.934. The Hall–Kier alpha value is -2.24. The average Bonchev–Trinajstić information content (AvgIpc) is 3.11. The minimum atomic E-state index is -0.294. The van der Waals surface area contributed by atoms with Gasteiger partial charge in [0, 0.05) is 43.1 Å². The van der Waals surface area contributed by atoms with Crippen LogP contribution in [0, 0.1) is 17.8 Å². The average molecular weight is 391 g/mol. The van der Waals surface area contributed by atoms with Crippen molar-refractivity contribution in [2.75, 3.05) is 33.9 Å². The van der Waals surface area contributed by atoms with Crippen molar-refractivity contribution in [2.45, 2.75) is 40.0 Å². The quantitative estimate of drug-likeness (QED) is 0.741. The fraction of sp³-hybridized carbons (Fsp3) is 0.636. The van der Waals surface area contributed by atoms with E-state index < -0.39 is 0 Å². The van der Waals surface area contributed by atoms with E-state index >= 15 is 0 Å². The van der Waals surface area contributed by atoms with Gasteiger partial charge in [0.25, 0.3) is 0 Å². The fourth-order valence-electron chi connectivity index (χ4n) is 3.67. The van der Waals surface area contributed by atoms with Crippen molar-refractivity contribution in [3.05, 3.63) is 23.8 Å². The maximum Gasteiger partial charge on any atom is 0.225 e. The number of likely N-dealkylation sites (tertiary alicyclic amines) is 1. The monoisotopic (exact) mass is 390 g/mol. The molecule has 1 N–H and O–H groups in total. The molecule has 1 aliphatic rings. The number of methoxy groups -OCH3 is 2. The second-order valence-electron chi connectivity index (χ2n) is 8.19. The highest BCUT2D eigenvalue weighted by molar-refractivity contribution is 5.84. The predicted octanol–water partition coefficient (Wildman–Crippen LogP) is 3.06. The van der Waals surface area contributed by atoms with Crippen molar-refractivity contribution in [1.29, 1.82) is 0 Å². The van der Waals surface area contributed by atoms with Crippen molar-refractivity contribution in [3.8, 4) is 11.5 Å². The van der Waals surface area contributed by atoms with E-state index in [1.807, 2.05) is 36.9 Å². The molecule has 0 saturated carbocycles. The van der Waals surface area contributed by atoms with Crippen LogP contribution in [0.3, 0.4) is 0 Å². The summed E-state index contributed by atoms with van der Waals surface area (Å²) >= 11 is 0. The number of carbonyl (C=O) groups is 2. The molecule has 1 aliphatic heterocycles. The molecule has 0 aliphatic carbocycles. The van der Waals surface area contributed by atoms with Gasteiger partial charge in [-0.05, 0) is 18.4 Å². The zero-order valence-corrected chi connectivity index (χ0v) is 18.0. The van der Waals surface area contributed by atoms with E-state index in [4.69, 9.17) is 9.47 Å². The highest BCUT2D eigenvalue weighted by Gasteiger charge is 2.41. The maximum atomic E-state index is 13.0. The van der Waals surface area contributed by atoms with Crippen LogP contribution >= 0.6 is 0 Å². The number of hydrogen-bond acceptors (Lipinski definition) is 4. The largest absolute Gasteiger partial charge is 0.497 e. The summed E-state index contributed by atoms with van der Waals surface area (Å²) in [5, 5.41) is 3.06. The highest BCUT2D eigenvalue weighted by atomic mass is 16.5. The Morgan fingerprint density at radius 1 is 1.14 bits per heavy atom. The molecule has 0 unspecified atom stereocenters. The Kier molecular flexibility index (Phi) is 7.72. The van der Waals surface area contributed by atoms with Crippen molar-refractivity contribution in [1.82, 2.24) is 10.2 Å². The second-order valence-corrected chi connectivity index (χ2v) is 8.19. The fourth-order valence-corrected chi connectivity index (χ4v) is 3.67. The Balaban J connectivity index is 2.29. The first-order valence-corrected chi connectivity index (χ1v) is 10.1. The number of nitrogens with zero attached hydrogens (tertiary/aromatic N) is 1. The van der Waals surface area contributed by atoms with Gasteiger partial charge in [0.15, 0.2) is 0 Å². The molecule has 1 saturated heterocycles. The molecule has 1 aromatic carbocycles. The summed E-state index contributed by atoms with van der Waals surface area (Å²) in [5.41, 5.74) is 0.936. The van der Waals surface area contributed by atoms with Crippen molar-refractivity contribution < 1.29 is 19.1 Å². The van der Waals surface area contributed by atoms with E-state index in [0.29, 0.717) is 37.1 Å². The van der Waals surface area contributed by atoms with Crippen LogP contribution < -0.4 is 14.8 Å². The summed E-state index contributed by atoms with van der Waals surface area (Å²) in [5.74, 6) is 1.49. The molecule has 6 nitrogen and oxygen atoms in total. The molecule has 0 bridgehead atoms. The van der Waals surface area contributed by atoms with Gasteiger partial charge < -0.3 is 19.7 Å². The van der Waals surface area contributed by atoms with Crippen LogP contribution in [0.5, 0.6) is 11.5 Å². The lowest BCUT2D eigenvalue weighted by Gasteiger charge is -2.21. The van der Waals surface area contributed by atoms with E-state index in [0.717, 1.165) is 12.0 Å². The van der Waals surface area contributed by atoms with Crippen LogP contribution in [0.4, 0.5) is 0 Å². The summed E-state index contributed by atoms with van der Waals surface area (Å²) in [4.78, 5) is 27.4. The third-order valence-electron chi connectivity index (χ3n) is 5.32. The second kappa shape index (κ2) is 9.80. The van der Waals surface area contributed by atoms with Crippen LogP contribution in [0.1, 0.15) is 45.6 Å². The van der Waals surface area contributed by atoms with Gasteiger partial charge in [0.05, 0.1) is 20.1 Å². The highest BCUT2D eigenvalue weighted by Crippen LogP contribution is 2.39. The Bertz CT molecular complexity index is 687. The molecule has 2 amide bonds. The van der Waals surface area contributed by atoms with Gasteiger partial charge >= 0.3 is 0 Å². The van der Waals surface area contributed by atoms with Gasteiger partial charge in [-0.2, -0.15) is 0 Å². The van der Waals surface area contributed by atoms with Gasteiger partial charge in [-0.15, -0.1) is 0 Å². The van der Waals surface area contributed by atoms with Crippen LogP contribution in [-0.2, 0) is 9.59 Å². The molecule has 0 aromatic heterocycles. The lowest BCUT2D eigenvalue weighted by molar-refractivity contribution is -0.133.